The minimum absolute atomic E-state index is 0. The van der Waals surface area contributed by atoms with Crippen LogP contribution in [0.25, 0.3) is 0 Å². The molecule has 0 heterocycles. The summed E-state index contributed by atoms with van der Waals surface area (Å²) in [5.41, 5.74) is 0. The number of rotatable bonds is 16. The minimum Gasteiger partial charge on any atom is -0.553 e. The molecule has 0 saturated carbocycles. The summed E-state index contributed by atoms with van der Waals surface area (Å²) in [6.45, 7) is 5.52. The van der Waals surface area contributed by atoms with E-state index in [0.717, 1.165) is 39.1 Å². The fourth-order valence-electron chi connectivity index (χ4n) is 1.56. The molecular weight excluding hydrogens is 583 g/mol. The van der Waals surface area contributed by atoms with Gasteiger partial charge in [0, 0.05) is 46.2 Å². The van der Waals surface area contributed by atoms with E-state index in [0.29, 0.717) is 19.4 Å². The zero-order valence-electron chi connectivity index (χ0n) is 15.7. The molecule has 0 fully saturated rings. The van der Waals surface area contributed by atoms with Gasteiger partial charge in [0.2, 0.25) is 0 Å². The van der Waals surface area contributed by atoms with Crippen LogP contribution in [0.2, 0.25) is 0 Å². The molecule has 0 aromatic rings. The van der Waals surface area contributed by atoms with Crippen molar-refractivity contribution in [2.45, 2.75) is 51.2 Å². The average Bonchev–Trinajstić information content (AvgIpc) is 2.55. The van der Waals surface area contributed by atoms with E-state index in [1.807, 2.05) is 0 Å². The predicted octanol–water partition coefficient (Wildman–Crippen LogP) is 1.31. The molecule has 2 unspecified atom stereocenters. The van der Waals surface area contributed by atoms with E-state index in [1.165, 1.54) is 0 Å². The van der Waals surface area contributed by atoms with Crippen molar-refractivity contribution < 1.29 is 34.3 Å². The van der Waals surface area contributed by atoms with Gasteiger partial charge < -0.3 is 34.3 Å². The Bertz CT molecular complexity index is 217. The molecule has 0 radical (unpaired) electrons. The first kappa shape index (κ1) is 28.5. The number of hydrogen-bond acceptors (Lipinski definition) is 7. The van der Waals surface area contributed by atoms with Crippen LogP contribution in [0.3, 0.4) is 0 Å². The fourth-order valence-corrected chi connectivity index (χ4v) is 1.56. The minimum atomic E-state index is -0.572. The Labute approximate surface area is 146 Å². The van der Waals surface area contributed by atoms with E-state index in [9.17, 15) is 5.11 Å². The first-order valence-corrected chi connectivity index (χ1v) is 8.48. The van der Waals surface area contributed by atoms with Crippen LogP contribution in [0.15, 0.2) is 0 Å². The van der Waals surface area contributed by atoms with Gasteiger partial charge in [0.25, 0.3) is 0 Å². The molecule has 0 rings (SSSR count). The number of aliphatic hydroxyl groups excluding tert-OH is 3. The van der Waals surface area contributed by atoms with Gasteiger partial charge in [-0.05, 0) is 32.1 Å². The molecule has 3 N–H and O–H groups in total. The average molecular weight is 619 g/mol. The summed E-state index contributed by atoms with van der Waals surface area (Å²) in [5.74, 6) is 0. The van der Waals surface area contributed by atoms with E-state index >= 15 is 0 Å². The van der Waals surface area contributed by atoms with Gasteiger partial charge in [-0.25, -0.2) is 14.2 Å². The first-order chi connectivity index (χ1) is 11.6. The molecule has 0 aliphatic rings. The number of aliphatic hydroxyl groups is 3. The van der Waals surface area contributed by atoms with Crippen molar-refractivity contribution in [1.82, 2.24) is 0 Å². The van der Waals surface area contributed by atoms with Crippen LogP contribution < -0.4 is 0 Å². The van der Waals surface area contributed by atoms with E-state index in [1.54, 1.807) is 0 Å². The smallest absolute Gasteiger partial charge is 0.0765 e. The van der Waals surface area contributed by atoms with Crippen molar-refractivity contribution in [3.05, 3.63) is 14.2 Å². The number of unbranched alkanes of at least 4 members (excludes halogenated alkanes) is 1. The molecule has 25 heavy (non-hydrogen) atoms. The molecule has 2 atom stereocenters. The third kappa shape index (κ3) is 27.8. The molecule has 0 spiro atoms. The molecule has 0 amide bonds. The van der Waals surface area contributed by atoms with Gasteiger partial charge in [0.05, 0.1) is 12.2 Å². The van der Waals surface area contributed by atoms with Crippen LogP contribution in [0.1, 0.15) is 39.0 Å². The summed E-state index contributed by atoms with van der Waals surface area (Å²) in [6.07, 6.45) is 3.03. The molecule has 0 bridgehead atoms. The zero-order valence-corrected chi connectivity index (χ0v) is 22.1. The van der Waals surface area contributed by atoms with Crippen molar-refractivity contribution >= 4 is 0 Å². The SMILES string of the molecule is [CH2-]OCC(O)CCO.[CH2-]OCC(O)CCOCCCCOCCC.[Rf]. The van der Waals surface area contributed by atoms with Gasteiger partial charge in [0.1, 0.15) is 0 Å². The van der Waals surface area contributed by atoms with E-state index in [2.05, 4.69) is 30.6 Å². The quantitative estimate of drug-likeness (QED) is 0.177. The summed E-state index contributed by atoms with van der Waals surface area (Å²) in [5, 5.41) is 26.2. The fraction of sp³-hybridized carbons (Fsp3) is 0.882. The van der Waals surface area contributed by atoms with Gasteiger partial charge in [-0.3, -0.25) is 0 Å². The van der Waals surface area contributed by atoms with Crippen LogP contribution >= 0.6 is 0 Å². The molecule has 0 aromatic carbocycles. The Balaban J connectivity index is -0.000000457. The Hall–Kier alpha value is -1.28. The monoisotopic (exact) mass is 619 g/mol. The topological polar surface area (TPSA) is 97.6 Å². The second kappa shape index (κ2) is 25.0. The van der Waals surface area contributed by atoms with Crippen LogP contribution in [0.4, 0.5) is 0 Å². The summed E-state index contributed by atoms with van der Waals surface area (Å²) >= 11 is 0. The van der Waals surface area contributed by atoms with Crippen LogP contribution in [0, 0.1) is 14.2 Å². The van der Waals surface area contributed by atoms with E-state index in [4.69, 9.17) is 19.7 Å². The van der Waals surface area contributed by atoms with Gasteiger partial charge >= 0.3 is 0 Å². The second-order valence-electron chi connectivity index (χ2n) is 5.28. The molecule has 0 saturated heterocycles. The predicted molar refractivity (Wildman–Crippen MR) is 92.1 cm³/mol. The summed E-state index contributed by atoms with van der Waals surface area (Å²) in [7, 11) is 6.27. The summed E-state index contributed by atoms with van der Waals surface area (Å²) in [6, 6.07) is 0. The maximum atomic E-state index is 9.28. The standard InChI is InChI=1S/C12H25O4.C5H11O3.Rf/c1-3-7-15-8-4-5-9-16-10-6-12(13)11-14-2;1-8-4-5(7)2-3-6;/h12-13H,2-11H2,1H3;5-7H,1-4H2;/q2*-1;. The van der Waals surface area contributed by atoms with Gasteiger partial charge in [-0.1, -0.05) is 6.92 Å². The van der Waals surface area contributed by atoms with Gasteiger partial charge in [-0.2, -0.15) is 0 Å². The van der Waals surface area contributed by atoms with Gasteiger partial charge in [0.15, 0.2) is 0 Å². The normalized spacial score (nSPS) is 12.7. The largest absolute Gasteiger partial charge is 0.553 e. The van der Waals surface area contributed by atoms with Crippen molar-refractivity contribution in [3.63, 3.8) is 0 Å². The molecule has 8 heteroatoms. The Morgan fingerprint density at radius 2 is 1.28 bits per heavy atom. The van der Waals surface area contributed by atoms with Crippen LogP contribution in [-0.4, -0.2) is 73.8 Å². The van der Waals surface area contributed by atoms with Crippen molar-refractivity contribution in [2.24, 2.45) is 0 Å². The molecule has 0 aliphatic heterocycles. The summed E-state index contributed by atoms with van der Waals surface area (Å²) in [4.78, 5) is 0. The van der Waals surface area contributed by atoms with Crippen LogP contribution in [0.5, 0.6) is 0 Å². The Kier molecular flexibility index (Phi) is 28.5. The maximum Gasteiger partial charge on any atom is 0.0765 e. The molecular formula is C17H36O7Rf-2. The van der Waals surface area contributed by atoms with Crippen LogP contribution in [-0.2, 0) is 18.9 Å². The van der Waals surface area contributed by atoms with Gasteiger partial charge in [-0.15, -0.1) is 0 Å². The molecule has 0 aromatic heterocycles. The molecule has 0 aliphatic carbocycles. The number of ether oxygens (including phenoxy) is 4. The third-order valence-corrected chi connectivity index (χ3v) is 2.85. The summed E-state index contributed by atoms with van der Waals surface area (Å²) < 4.78 is 19.6. The molecule has 7 nitrogen and oxygen atoms in total. The number of hydrogen-bond donors (Lipinski definition) is 3. The Morgan fingerprint density at radius 3 is 1.72 bits per heavy atom. The van der Waals surface area contributed by atoms with E-state index in [-0.39, 0.29) is 19.8 Å². The van der Waals surface area contributed by atoms with Crippen molar-refractivity contribution in [3.8, 4) is 0 Å². The van der Waals surface area contributed by atoms with Crippen molar-refractivity contribution in [1.29, 1.82) is 0 Å². The third-order valence-electron chi connectivity index (χ3n) is 2.85. The zero-order chi connectivity index (χ0) is 18.5. The molecule has 150 valence electrons. The first-order valence-electron chi connectivity index (χ1n) is 8.48. The van der Waals surface area contributed by atoms with E-state index < -0.39 is 12.2 Å². The Morgan fingerprint density at radius 1 is 0.800 bits per heavy atom. The maximum absolute atomic E-state index is 9.28. The van der Waals surface area contributed by atoms with Crippen molar-refractivity contribution in [2.75, 3.05) is 46.2 Å². The second-order valence-corrected chi connectivity index (χ2v) is 5.28.